The number of hydrogen-bond acceptors (Lipinski definition) is 6. The van der Waals surface area contributed by atoms with E-state index in [0.29, 0.717) is 18.9 Å². The third-order valence-corrected chi connectivity index (χ3v) is 8.58. The highest BCUT2D eigenvalue weighted by atomic mass is 16.7. The van der Waals surface area contributed by atoms with E-state index in [2.05, 4.69) is 59.5 Å². The van der Waals surface area contributed by atoms with E-state index >= 15 is 0 Å². The molecule has 2 heterocycles. The van der Waals surface area contributed by atoms with Gasteiger partial charge in [-0.25, -0.2) is 0 Å². The number of carboxylic acids is 1. The number of carbonyl (C=O) groups is 1. The Bertz CT molecular complexity index is 1080. The Morgan fingerprint density at radius 3 is 2.41 bits per heavy atom. The molecule has 1 saturated carbocycles. The van der Waals surface area contributed by atoms with Crippen LogP contribution in [-0.4, -0.2) is 73.4 Å². The number of ether oxygens (including phenoxy) is 4. The van der Waals surface area contributed by atoms with Gasteiger partial charge in [0.25, 0.3) is 0 Å². The highest BCUT2D eigenvalue weighted by molar-refractivity contribution is 5.66. The van der Waals surface area contributed by atoms with Crippen molar-refractivity contribution in [3.63, 3.8) is 0 Å². The summed E-state index contributed by atoms with van der Waals surface area (Å²) in [6, 6.07) is 19.3. The van der Waals surface area contributed by atoms with Crippen LogP contribution in [-0.2, 0) is 30.3 Å². The van der Waals surface area contributed by atoms with Crippen molar-refractivity contribution in [2.45, 2.75) is 82.5 Å². The topological polar surface area (TPSA) is 77.5 Å². The third kappa shape index (κ3) is 8.72. The lowest BCUT2D eigenvalue weighted by molar-refractivity contribution is -0.200. The van der Waals surface area contributed by atoms with Crippen LogP contribution in [0.25, 0.3) is 11.1 Å². The molecule has 0 aromatic heterocycles. The molecule has 1 N–H and O–H groups in total. The summed E-state index contributed by atoms with van der Waals surface area (Å²) in [4.78, 5) is 13.4. The molecule has 0 radical (unpaired) electrons. The number of nitrogens with zero attached hydrogens (tertiary/aromatic N) is 1. The Balaban J connectivity index is 1.28. The maximum atomic E-state index is 10.9. The van der Waals surface area contributed by atoms with E-state index in [0.717, 1.165) is 71.4 Å². The van der Waals surface area contributed by atoms with Crippen LogP contribution in [0.1, 0.15) is 56.9 Å². The first kappa shape index (κ1) is 29.9. The van der Waals surface area contributed by atoms with E-state index in [1.807, 2.05) is 12.1 Å². The molecule has 2 aromatic rings. The number of morpholine rings is 1. The predicted octanol–water partition coefficient (Wildman–Crippen LogP) is 6.07. The Labute approximate surface area is 244 Å². The zero-order valence-electron chi connectivity index (χ0n) is 24.1. The van der Waals surface area contributed by atoms with Gasteiger partial charge >= 0.3 is 5.97 Å². The van der Waals surface area contributed by atoms with Crippen LogP contribution in [0.3, 0.4) is 0 Å². The van der Waals surface area contributed by atoms with Crippen molar-refractivity contribution in [2.75, 3.05) is 32.9 Å². The highest BCUT2D eigenvalue weighted by Gasteiger charge is 2.48. The van der Waals surface area contributed by atoms with Gasteiger partial charge in [-0.05, 0) is 55.2 Å². The summed E-state index contributed by atoms with van der Waals surface area (Å²) in [5.74, 6) is -0.456. The van der Waals surface area contributed by atoms with Gasteiger partial charge in [0.2, 0.25) is 0 Å². The molecule has 222 valence electrons. The maximum absolute atomic E-state index is 10.9. The second kappa shape index (κ2) is 15.6. The molecule has 5 rings (SSSR count). The number of hydrogen-bond donors (Lipinski definition) is 1. The summed E-state index contributed by atoms with van der Waals surface area (Å²) in [6.45, 7) is 4.61. The fourth-order valence-electron chi connectivity index (χ4n) is 6.48. The van der Waals surface area contributed by atoms with Crippen molar-refractivity contribution in [3.05, 3.63) is 72.3 Å². The van der Waals surface area contributed by atoms with Gasteiger partial charge in [-0.3, -0.25) is 9.69 Å². The number of carboxylic acid groups (broad SMARTS) is 1. The summed E-state index contributed by atoms with van der Waals surface area (Å²) in [7, 11) is 0. The van der Waals surface area contributed by atoms with Crippen LogP contribution in [0.5, 0.6) is 0 Å². The van der Waals surface area contributed by atoms with Crippen molar-refractivity contribution >= 4 is 5.97 Å². The average molecular weight is 564 g/mol. The Kier molecular flexibility index (Phi) is 11.4. The van der Waals surface area contributed by atoms with Crippen molar-refractivity contribution < 1.29 is 28.8 Å². The van der Waals surface area contributed by atoms with E-state index < -0.39 is 5.97 Å². The first-order valence-electron chi connectivity index (χ1n) is 15.4. The van der Waals surface area contributed by atoms with Gasteiger partial charge in [0.1, 0.15) is 0 Å². The molecule has 7 nitrogen and oxygen atoms in total. The summed E-state index contributed by atoms with van der Waals surface area (Å²) < 4.78 is 25.1. The maximum Gasteiger partial charge on any atom is 0.303 e. The minimum absolute atomic E-state index is 0.0441. The zero-order chi connectivity index (χ0) is 28.3. The van der Waals surface area contributed by atoms with Crippen LogP contribution in [0.2, 0.25) is 0 Å². The molecule has 0 amide bonds. The lowest BCUT2D eigenvalue weighted by Crippen LogP contribution is -2.51. The van der Waals surface area contributed by atoms with Gasteiger partial charge in [-0.15, -0.1) is 0 Å². The van der Waals surface area contributed by atoms with E-state index in [1.165, 1.54) is 16.7 Å². The minimum Gasteiger partial charge on any atom is -0.481 e. The molecular formula is C34H45NO6. The molecule has 5 atom stereocenters. The Hall–Kier alpha value is -2.55. The average Bonchev–Trinajstić information content (AvgIpc) is 3.35. The lowest BCUT2D eigenvalue weighted by Gasteiger charge is -2.40. The first-order valence-corrected chi connectivity index (χ1v) is 15.4. The summed E-state index contributed by atoms with van der Waals surface area (Å²) in [6.07, 6.45) is 10.7. The van der Waals surface area contributed by atoms with Gasteiger partial charge in [-0.2, -0.15) is 0 Å². The zero-order valence-corrected chi connectivity index (χ0v) is 24.1. The van der Waals surface area contributed by atoms with Gasteiger partial charge in [-0.1, -0.05) is 66.7 Å². The van der Waals surface area contributed by atoms with Gasteiger partial charge < -0.3 is 24.1 Å². The quantitative estimate of drug-likeness (QED) is 0.296. The molecule has 2 saturated heterocycles. The Morgan fingerprint density at radius 1 is 0.927 bits per heavy atom. The molecule has 1 unspecified atom stereocenters. The molecule has 2 aromatic carbocycles. The second-order valence-electron chi connectivity index (χ2n) is 11.4. The number of rotatable bonds is 13. The largest absolute Gasteiger partial charge is 0.481 e. The molecule has 1 aliphatic carbocycles. The van der Waals surface area contributed by atoms with Crippen LogP contribution in [0.15, 0.2) is 66.7 Å². The second-order valence-corrected chi connectivity index (χ2v) is 11.4. The smallest absolute Gasteiger partial charge is 0.303 e. The molecule has 41 heavy (non-hydrogen) atoms. The van der Waals surface area contributed by atoms with Gasteiger partial charge in [0.05, 0.1) is 32.0 Å². The van der Waals surface area contributed by atoms with Crippen LogP contribution < -0.4 is 0 Å². The molecule has 3 aliphatic rings. The number of benzene rings is 2. The third-order valence-electron chi connectivity index (χ3n) is 8.58. The van der Waals surface area contributed by atoms with Gasteiger partial charge in [0.15, 0.2) is 6.29 Å². The fraction of sp³-hybridized carbons (Fsp3) is 0.559. The number of allylic oxidation sites excluding steroid dienone is 2. The molecule has 2 aliphatic heterocycles. The Morgan fingerprint density at radius 2 is 1.68 bits per heavy atom. The fourth-order valence-corrected chi connectivity index (χ4v) is 6.48. The predicted molar refractivity (Wildman–Crippen MR) is 158 cm³/mol. The molecule has 0 bridgehead atoms. The van der Waals surface area contributed by atoms with E-state index in [1.54, 1.807) is 0 Å². The molecule has 0 spiro atoms. The minimum atomic E-state index is -0.756. The van der Waals surface area contributed by atoms with Gasteiger partial charge in [0, 0.05) is 44.5 Å². The van der Waals surface area contributed by atoms with Crippen LogP contribution >= 0.6 is 0 Å². The van der Waals surface area contributed by atoms with Crippen molar-refractivity contribution in [1.29, 1.82) is 0 Å². The summed E-state index contributed by atoms with van der Waals surface area (Å²) >= 11 is 0. The highest BCUT2D eigenvalue weighted by Crippen LogP contribution is 2.40. The normalized spacial score (nSPS) is 27.4. The van der Waals surface area contributed by atoms with Crippen LogP contribution in [0.4, 0.5) is 0 Å². The van der Waals surface area contributed by atoms with Crippen LogP contribution in [0, 0.1) is 5.92 Å². The van der Waals surface area contributed by atoms with Crippen molar-refractivity contribution in [1.82, 2.24) is 4.90 Å². The summed E-state index contributed by atoms with van der Waals surface area (Å²) in [5.41, 5.74) is 3.58. The first-order chi connectivity index (χ1) is 20.2. The SMILES string of the molecule is O=C(O)CC/C=C\CC[C@@H]1[C@@H](N2CCOCC2)[C@@H](OC2CCCCO2)C[C@@H]1OCc1ccc(-c2ccccc2)cc1. The van der Waals surface area contributed by atoms with Crippen molar-refractivity contribution in [2.24, 2.45) is 5.92 Å². The lowest BCUT2D eigenvalue weighted by atomic mass is 9.93. The monoisotopic (exact) mass is 563 g/mol. The van der Waals surface area contributed by atoms with E-state index in [-0.39, 0.29) is 31.0 Å². The molecule has 7 heteroatoms. The molecule has 3 fully saturated rings. The van der Waals surface area contributed by atoms with E-state index in [4.69, 9.17) is 24.1 Å². The summed E-state index contributed by atoms with van der Waals surface area (Å²) in [5, 5.41) is 8.96. The standard InChI is InChI=1S/C34H45NO6/c36-32(37)13-7-2-1-6-12-29-30(40-25-26-15-17-28(18-16-26)27-10-4-3-5-11-27)24-31(41-33-14-8-9-21-39-33)34(29)35-19-22-38-23-20-35/h1-5,10-11,15-18,29-31,33-34H,6-9,12-14,19-25H2,(H,36,37)/b2-1-/t29-,30-,31-,33?,34+/m0/s1. The van der Waals surface area contributed by atoms with E-state index in [9.17, 15) is 4.79 Å². The molecular weight excluding hydrogens is 518 g/mol. The number of aliphatic carboxylic acids is 1. The van der Waals surface area contributed by atoms with Crippen molar-refractivity contribution in [3.8, 4) is 11.1 Å².